The summed E-state index contributed by atoms with van der Waals surface area (Å²) in [6, 6.07) is 15.2. The van der Waals surface area contributed by atoms with E-state index in [1.165, 1.54) is 24.8 Å². The van der Waals surface area contributed by atoms with Gasteiger partial charge in [-0.25, -0.2) is 0 Å². The molecule has 1 aliphatic rings. The highest BCUT2D eigenvalue weighted by Gasteiger charge is 2.19. The molecule has 1 aromatic carbocycles. The topological polar surface area (TPSA) is 16.4 Å². The summed E-state index contributed by atoms with van der Waals surface area (Å²) in [5, 5.41) is 0. The Morgan fingerprint density at radius 1 is 1.05 bits per heavy atom. The molecule has 0 amide bonds. The molecule has 104 valence electrons. The summed E-state index contributed by atoms with van der Waals surface area (Å²) in [7, 11) is 0. The molecule has 2 heteroatoms. The summed E-state index contributed by atoms with van der Waals surface area (Å²) in [5.41, 5.74) is 1.36. The van der Waals surface area contributed by atoms with E-state index in [-0.39, 0.29) is 0 Å². The normalized spacial score (nSPS) is 18.6. The SMILES string of the molecule is C1=CC(N(Cc2ccccc2)Cc2ccco2)CCC1. The fraction of sp³-hybridized carbons (Fsp3) is 0.333. The van der Waals surface area contributed by atoms with Gasteiger partial charge in [-0.2, -0.15) is 0 Å². The zero-order chi connectivity index (χ0) is 13.6. The lowest BCUT2D eigenvalue weighted by molar-refractivity contribution is 0.181. The number of rotatable bonds is 5. The molecule has 0 saturated heterocycles. The van der Waals surface area contributed by atoms with Crippen molar-refractivity contribution < 1.29 is 4.42 Å². The van der Waals surface area contributed by atoms with Gasteiger partial charge in [0.2, 0.25) is 0 Å². The van der Waals surface area contributed by atoms with Gasteiger partial charge in [-0.3, -0.25) is 4.90 Å². The van der Waals surface area contributed by atoms with Gasteiger partial charge in [0, 0.05) is 12.6 Å². The molecule has 1 heterocycles. The summed E-state index contributed by atoms with van der Waals surface area (Å²) < 4.78 is 5.53. The van der Waals surface area contributed by atoms with Crippen molar-refractivity contribution >= 4 is 0 Å². The van der Waals surface area contributed by atoms with Crippen LogP contribution in [0.2, 0.25) is 0 Å². The zero-order valence-corrected chi connectivity index (χ0v) is 11.7. The largest absolute Gasteiger partial charge is 0.468 e. The number of benzene rings is 1. The maximum absolute atomic E-state index is 5.53. The molecular weight excluding hydrogens is 246 g/mol. The Bertz CT molecular complexity index is 530. The minimum atomic E-state index is 0.522. The predicted octanol–water partition coefficient (Wildman–Crippen LogP) is 4.39. The highest BCUT2D eigenvalue weighted by molar-refractivity contribution is 5.15. The molecule has 2 aromatic rings. The van der Waals surface area contributed by atoms with E-state index in [1.807, 2.05) is 6.07 Å². The van der Waals surface area contributed by atoms with Crippen molar-refractivity contribution in [2.75, 3.05) is 0 Å². The fourth-order valence-electron chi connectivity index (χ4n) is 2.81. The second kappa shape index (κ2) is 6.58. The Kier molecular flexibility index (Phi) is 4.34. The molecule has 0 fully saturated rings. The van der Waals surface area contributed by atoms with Crippen LogP contribution < -0.4 is 0 Å². The summed E-state index contributed by atoms with van der Waals surface area (Å²) in [6.45, 7) is 1.84. The maximum Gasteiger partial charge on any atom is 0.117 e. The first kappa shape index (κ1) is 13.2. The van der Waals surface area contributed by atoms with E-state index >= 15 is 0 Å². The van der Waals surface area contributed by atoms with E-state index in [2.05, 4.69) is 53.5 Å². The van der Waals surface area contributed by atoms with Crippen LogP contribution in [0.4, 0.5) is 0 Å². The monoisotopic (exact) mass is 267 g/mol. The van der Waals surface area contributed by atoms with Crippen LogP contribution in [0.5, 0.6) is 0 Å². The average Bonchev–Trinajstić information content (AvgIpc) is 3.02. The van der Waals surface area contributed by atoms with Gasteiger partial charge in [0.1, 0.15) is 5.76 Å². The Hall–Kier alpha value is -1.80. The molecule has 3 rings (SSSR count). The second-order valence-electron chi connectivity index (χ2n) is 5.40. The molecule has 1 atom stereocenters. The Balaban J connectivity index is 1.75. The summed E-state index contributed by atoms with van der Waals surface area (Å²) in [5.74, 6) is 1.04. The van der Waals surface area contributed by atoms with Crippen molar-refractivity contribution in [3.05, 3.63) is 72.2 Å². The minimum Gasteiger partial charge on any atom is -0.468 e. The van der Waals surface area contributed by atoms with Crippen LogP contribution >= 0.6 is 0 Å². The third-order valence-electron chi connectivity index (χ3n) is 3.87. The minimum absolute atomic E-state index is 0.522. The Morgan fingerprint density at radius 3 is 2.65 bits per heavy atom. The molecule has 1 aromatic heterocycles. The van der Waals surface area contributed by atoms with Gasteiger partial charge in [-0.1, -0.05) is 42.5 Å². The van der Waals surface area contributed by atoms with Gasteiger partial charge in [-0.05, 0) is 37.0 Å². The number of hydrogen-bond acceptors (Lipinski definition) is 2. The summed E-state index contributed by atoms with van der Waals surface area (Å²) in [6.07, 6.45) is 10.2. The molecule has 0 radical (unpaired) electrons. The van der Waals surface area contributed by atoms with Crippen LogP contribution in [0.1, 0.15) is 30.6 Å². The van der Waals surface area contributed by atoms with Crippen molar-refractivity contribution in [3.63, 3.8) is 0 Å². The lowest BCUT2D eigenvalue weighted by atomic mass is 10.0. The quantitative estimate of drug-likeness (QED) is 0.747. The van der Waals surface area contributed by atoms with E-state index < -0.39 is 0 Å². The van der Waals surface area contributed by atoms with Crippen LogP contribution in [0.15, 0.2) is 65.3 Å². The van der Waals surface area contributed by atoms with Crippen LogP contribution in [0.25, 0.3) is 0 Å². The smallest absolute Gasteiger partial charge is 0.117 e. The summed E-state index contributed by atoms with van der Waals surface area (Å²) >= 11 is 0. The molecule has 0 N–H and O–H groups in total. The van der Waals surface area contributed by atoms with E-state index in [0.717, 1.165) is 18.8 Å². The average molecular weight is 267 g/mol. The van der Waals surface area contributed by atoms with Crippen molar-refractivity contribution in [2.45, 2.75) is 38.4 Å². The van der Waals surface area contributed by atoms with E-state index in [0.29, 0.717) is 6.04 Å². The number of allylic oxidation sites excluding steroid dienone is 1. The fourth-order valence-corrected chi connectivity index (χ4v) is 2.81. The number of hydrogen-bond donors (Lipinski definition) is 0. The lowest BCUT2D eigenvalue weighted by Crippen LogP contribution is -2.33. The molecule has 2 nitrogen and oxygen atoms in total. The molecule has 0 spiro atoms. The molecule has 0 saturated carbocycles. The predicted molar refractivity (Wildman–Crippen MR) is 81.2 cm³/mol. The molecule has 1 unspecified atom stereocenters. The Morgan fingerprint density at radius 2 is 1.95 bits per heavy atom. The van der Waals surface area contributed by atoms with Gasteiger partial charge in [-0.15, -0.1) is 0 Å². The van der Waals surface area contributed by atoms with Crippen LogP contribution in [-0.2, 0) is 13.1 Å². The molecule has 0 bridgehead atoms. The van der Waals surface area contributed by atoms with E-state index in [1.54, 1.807) is 6.26 Å². The van der Waals surface area contributed by atoms with Gasteiger partial charge < -0.3 is 4.42 Å². The van der Waals surface area contributed by atoms with Crippen molar-refractivity contribution in [3.8, 4) is 0 Å². The van der Waals surface area contributed by atoms with Crippen LogP contribution in [0.3, 0.4) is 0 Å². The number of nitrogens with zero attached hydrogens (tertiary/aromatic N) is 1. The highest BCUT2D eigenvalue weighted by Crippen LogP contribution is 2.21. The standard InChI is InChI=1S/C18H21NO/c1-3-8-16(9-4-1)14-19(15-18-12-7-13-20-18)17-10-5-2-6-11-17/h1,3-5,7-10,12-13,17H,2,6,11,14-15H2. The first-order valence-corrected chi connectivity index (χ1v) is 7.39. The second-order valence-corrected chi connectivity index (χ2v) is 5.40. The first-order chi connectivity index (χ1) is 9.92. The summed E-state index contributed by atoms with van der Waals surface area (Å²) in [4.78, 5) is 2.50. The van der Waals surface area contributed by atoms with E-state index in [4.69, 9.17) is 4.42 Å². The van der Waals surface area contributed by atoms with E-state index in [9.17, 15) is 0 Å². The highest BCUT2D eigenvalue weighted by atomic mass is 16.3. The van der Waals surface area contributed by atoms with Gasteiger partial charge in [0.05, 0.1) is 12.8 Å². The van der Waals surface area contributed by atoms with Crippen molar-refractivity contribution in [1.29, 1.82) is 0 Å². The molecular formula is C18H21NO. The molecule has 20 heavy (non-hydrogen) atoms. The first-order valence-electron chi connectivity index (χ1n) is 7.39. The lowest BCUT2D eigenvalue weighted by Gasteiger charge is -2.30. The van der Waals surface area contributed by atoms with Crippen LogP contribution in [0, 0.1) is 0 Å². The van der Waals surface area contributed by atoms with Gasteiger partial charge >= 0.3 is 0 Å². The van der Waals surface area contributed by atoms with Gasteiger partial charge in [0.15, 0.2) is 0 Å². The van der Waals surface area contributed by atoms with Crippen molar-refractivity contribution in [2.24, 2.45) is 0 Å². The molecule has 1 aliphatic carbocycles. The Labute approximate surface area is 120 Å². The van der Waals surface area contributed by atoms with Gasteiger partial charge in [0.25, 0.3) is 0 Å². The van der Waals surface area contributed by atoms with Crippen LogP contribution in [-0.4, -0.2) is 10.9 Å². The molecule has 0 aliphatic heterocycles. The zero-order valence-electron chi connectivity index (χ0n) is 11.7. The maximum atomic E-state index is 5.53. The number of furan rings is 1. The van der Waals surface area contributed by atoms with Crippen molar-refractivity contribution in [1.82, 2.24) is 4.90 Å². The third-order valence-corrected chi connectivity index (χ3v) is 3.87. The third kappa shape index (κ3) is 3.40.